The standard InChI is InChI=1S/C47H34S/c1-46(2)38-14-6-5-13-32(38)33-21-19-30(25-41(33)46)35-27-36(35)31-20-22-34-37-23-28-11-3-4-12-29(28)24-43(37)47(42(34)26-31)39-15-7-9-17-44(39)48-45-18-10-8-16-40(45)47/h3-26,35-36H,27H2,1-2H3. The molecule has 0 saturated heterocycles. The first-order valence-corrected chi connectivity index (χ1v) is 18.1. The first kappa shape index (κ1) is 27.1. The largest absolute Gasteiger partial charge is 0.0894 e. The molecule has 2 atom stereocenters. The van der Waals surface area contributed by atoms with Gasteiger partial charge >= 0.3 is 0 Å². The van der Waals surface area contributed by atoms with E-state index in [1.807, 2.05) is 11.8 Å². The number of hydrogen-bond acceptors (Lipinski definition) is 1. The van der Waals surface area contributed by atoms with Gasteiger partial charge in [-0.25, -0.2) is 0 Å². The Hall–Kier alpha value is -4.85. The van der Waals surface area contributed by atoms with E-state index in [4.69, 9.17) is 0 Å². The summed E-state index contributed by atoms with van der Waals surface area (Å²) in [5.74, 6) is 1.08. The highest BCUT2D eigenvalue weighted by Crippen LogP contribution is 2.64. The summed E-state index contributed by atoms with van der Waals surface area (Å²) in [4.78, 5) is 2.72. The topological polar surface area (TPSA) is 0 Å². The van der Waals surface area contributed by atoms with Gasteiger partial charge in [-0.15, -0.1) is 0 Å². The molecule has 7 aromatic carbocycles. The summed E-state index contributed by atoms with van der Waals surface area (Å²) in [5, 5.41) is 2.61. The second-order valence-corrected chi connectivity index (χ2v) is 15.9. The molecular formula is C47H34S. The highest BCUT2D eigenvalue weighted by atomic mass is 32.2. The molecule has 1 aliphatic heterocycles. The van der Waals surface area contributed by atoms with Crippen molar-refractivity contribution >= 4 is 22.5 Å². The number of benzene rings is 7. The Morgan fingerprint density at radius 1 is 0.438 bits per heavy atom. The molecule has 0 bridgehead atoms. The molecule has 3 aliphatic carbocycles. The lowest BCUT2D eigenvalue weighted by molar-refractivity contribution is 0.659. The van der Waals surface area contributed by atoms with E-state index in [0.29, 0.717) is 11.8 Å². The molecule has 1 saturated carbocycles. The van der Waals surface area contributed by atoms with Crippen LogP contribution in [0.15, 0.2) is 155 Å². The summed E-state index contributed by atoms with van der Waals surface area (Å²) in [5.41, 5.74) is 16.8. The molecule has 1 spiro atoms. The Morgan fingerprint density at radius 2 is 0.938 bits per heavy atom. The van der Waals surface area contributed by atoms with Crippen molar-refractivity contribution in [1.82, 2.24) is 0 Å². The summed E-state index contributed by atoms with van der Waals surface area (Å²) >= 11 is 1.92. The van der Waals surface area contributed by atoms with E-state index in [0.717, 1.165) is 0 Å². The van der Waals surface area contributed by atoms with E-state index in [1.54, 1.807) is 0 Å². The minimum absolute atomic E-state index is 0.0291. The molecule has 0 radical (unpaired) electrons. The maximum absolute atomic E-state index is 2.61. The van der Waals surface area contributed by atoms with E-state index in [2.05, 4.69) is 159 Å². The Kier molecular flexibility index (Phi) is 5.31. The van der Waals surface area contributed by atoms with Gasteiger partial charge in [0.25, 0.3) is 0 Å². The summed E-state index contributed by atoms with van der Waals surface area (Å²) in [6.45, 7) is 4.79. The maximum atomic E-state index is 2.61. The molecule has 0 N–H and O–H groups in total. The SMILES string of the molecule is CC1(C)c2ccccc2-c2ccc(C3CC3c3ccc4c(c3)C3(c5ccccc5Sc5ccccc53)c3cc5ccccc5cc3-4)cc21. The van der Waals surface area contributed by atoms with Gasteiger partial charge in [-0.05, 0) is 120 Å². The first-order chi connectivity index (χ1) is 23.5. The number of hydrogen-bond donors (Lipinski definition) is 0. The molecule has 0 amide bonds. The molecule has 4 aliphatic rings. The van der Waals surface area contributed by atoms with E-state index in [1.165, 1.54) is 93.7 Å². The lowest BCUT2D eigenvalue weighted by atomic mass is 9.67. The Balaban J connectivity index is 1.09. The fraction of sp³-hybridized carbons (Fsp3) is 0.149. The van der Waals surface area contributed by atoms with Crippen molar-refractivity contribution in [3.05, 3.63) is 190 Å². The highest BCUT2D eigenvalue weighted by Gasteiger charge is 2.51. The third-order valence-corrected chi connectivity index (χ3v) is 13.2. The van der Waals surface area contributed by atoms with Crippen molar-refractivity contribution in [1.29, 1.82) is 0 Å². The average Bonchev–Trinajstić information content (AvgIpc) is 3.84. The van der Waals surface area contributed by atoms with Crippen LogP contribution < -0.4 is 0 Å². The van der Waals surface area contributed by atoms with Crippen LogP contribution in [0.2, 0.25) is 0 Å². The molecule has 1 heterocycles. The second-order valence-electron chi connectivity index (χ2n) is 14.8. The van der Waals surface area contributed by atoms with Crippen LogP contribution in [0.4, 0.5) is 0 Å². The normalized spacial score (nSPS) is 19.6. The van der Waals surface area contributed by atoms with Crippen LogP contribution in [0, 0.1) is 0 Å². The van der Waals surface area contributed by atoms with Gasteiger partial charge in [-0.2, -0.15) is 0 Å². The average molecular weight is 631 g/mol. The van der Waals surface area contributed by atoms with E-state index in [9.17, 15) is 0 Å². The van der Waals surface area contributed by atoms with Gasteiger partial charge in [0.2, 0.25) is 0 Å². The van der Waals surface area contributed by atoms with Crippen LogP contribution in [0.3, 0.4) is 0 Å². The van der Waals surface area contributed by atoms with Gasteiger partial charge in [0.05, 0.1) is 5.41 Å². The van der Waals surface area contributed by atoms with Gasteiger partial charge in [-0.1, -0.05) is 147 Å². The quantitative estimate of drug-likeness (QED) is 0.183. The van der Waals surface area contributed by atoms with E-state index < -0.39 is 0 Å². The Labute approximate surface area is 286 Å². The van der Waals surface area contributed by atoms with Crippen LogP contribution in [-0.4, -0.2) is 0 Å². The molecular weight excluding hydrogens is 597 g/mol. The van der Waals surface area contributed by atoms with Crippen molar-refractivity contribution in [2.24, 2.45) is 0 Å². The van der Waals surface area contributed by atoms with Crippen LogP contribution in [0.1, 0.15) is 76.6 Å². The zero-order chi connectivity index (χ0) is 31.8. The molecule has 0 aromatic heterocycles. The molecule has 48 heavy (non-hydrogen) atoms. The fourth-order valence-corrected chi connectivity index (χ4v) is 10.9. The molecule has 11 rings (SSSR count). The Morgan fingerprint density at radius 3 is 1.62 bits per heavy atom. The van der Waals surface area contributed by atoms with Crippen LogP contribution in [0.25, 0.3) is 33.0 Å². The van der Waals surface area contributed by atoms with Crippen molar-refractivity contribution in [2.45, 2.75) is 52.7 Å². The van der Waals surface area contributed by atoms with Crippen molar-refractivity contribution in [2.75, 3.05) is 0 Å². The fourth-order valence-electron chi connectivity index (χ4n) is 9.72. The van der Waals surface area contributed by atoms with Gasteiger partial charge in [0.1, 0.15) is 0 Å². The van der Waals surface area contributed by atoms with Crippen LogP contribution in [-0.2, 0) is 10.8 Å². The number of fused-ring (bicyclic) bond motifs is 13. The smallest absolute Gasteiger partial charge is 0.0735 e. The maximum Gasteiger partial charge on any atom is 0.0735 e. The minimum atomic E-state index is -0.350. The van der Waals surface area contributed by atoms with Gasteiger partial charge in [0.15, 0.2) is 0 Å². The third-order valence-electron chi connectivity index (χ3n) is 12.1. The summed E-state index contributed by atoms with van der Waals surface area (Å²) in [6.07, 6.45) is 1.21. The van der Waals surface area contributed by atoms with Gasteiger partial charge in [0, 0.05) is 15.2 Å². The molecule has 7 aromatic rings. The highest BCUT2D eigenvalue weighted by molar-refractivity contribution is 7.99. The van der Waals surface area contributed by atoms with Crippen molar-refractivity contribution < 1.29 is 0 Å². The predicted molar refractivity (Wildman–Crippen MR) is 199 cm³/mol. The molecule has 228 valence electrons. The predicted octanol–water partition coefficient (Wildman–Crippen LogP) is 12.2. The molecule has 1 fully saturated rings. The van der Waals surface area contributed by atoms with Gasteiger partial charge < -0.3 is 0 Å². The molecule has 2 unspecified atom stereocenters. The van der Waals surface area contributed by atoms with E-state index in [-0.39, 0.29) is 10.8 Å². The summed E-state index contributed by atoms with van der Waals surface area (Å²) < 4.78 is 0. The molecule has 0 nitrogen and oxygen atoms in total. The van der Waals surface area contributed by atoms with Gasteiger partial charge in [-0.3, -0.25) is 0 Å². The summed E-state index contributed by atoms with van der Waals surface area (Å²) in [7, 11) is 0. The summed E-state index contributed by atoms with van der Waals surface area (Å²) in [6, 6.07) is 56.0. The first-order valence-electron chi connectivity index (χ1n) is 17.3. The monoisotopic (exact) mass is 630 g/mol. The number of rotatable bonds is 2. The van der Waals surface area contributed by atoms with Crippen LogP contribution in [0.5, 0.6) is 0 Å². The zero-order valence-corrected chi connectivity index (χ0v) is 27.9. The Bertz CT molecular complexity index is 2470. The van der Waals surface area contributed by atoms with Crippen LogP contribution >= 0.6 is 11.8 Å². The lowest BCUT2D eigenvalue weighted by Crippen LogP contribution is -2.32. The lowest BCUT2D eigenvalue weighted by Gasteiger charge is -2.39. The zero-order valence-electron chi connectivity index (χ0n) is 27.1. The van der Waals surface area contributed by atoms with E-state index >= 15 is 0 Å². The van der Waals surface area contributed by atoms with Crippen molar-refractivity contribution in [3.63, 3.8) is 0 Å². The third kappa shape index (κ3) is 3.43. The minimum Gasteiger partial charge on any atom is -0.0894 e. The van der Waals surface area contributed by atoms with Crippen molar-refractivity contribution in [3.8, 4) is 22.3 Å². The molecule has 1 heteroatoms. The second kappa shape index (κ2) is 9.40.